The largest absolute Gasteiger partial charge is 0.492 e. The number of likely N-dealkylation sites (N-methyl/N-ethyl adjacent to an activating group) is 1. The van der Waals surface area contributed by atoms with Gasteiger partial charge in [0.05, 0.1) is 15.7 Å². The molecule has 4 aliphatic rings. The lowest BCUT2D eigenvalue weighted by atomic mass is 9.51. The third kappa shape index (κ3) is 1.62. The van der Waals surface area contributed by atoms with E-state index in [9.17, 15) is 4.79 Å². The van der Waals surface area contributed by atoms with E-state index < -0.39 is 0 Å². The van der Waals surface area contributed by atoms with Crippen LogP contribution in [0.4, 0.5) is 0 Å². The first-order chi connectivity index (χ1) is 11.5. The molecule has 0 unspecified atom stereocenters. The smallest absolute Gasteiger partial charge is 0.175 e. The van der Waals surface area contributed by atoms with Gasteiger partial charge in [0.15, 0.2) is 23.4 Å². The molecule has 1 aromatic carbocycles. The molecule has 0 amide bonds. The molecule has 2 fully saturated rings. The highest BCUT2D eigenvalue weighted by molar-refractivity contribution is 14.1. The van der Waals surface area contributed by atoms with Crippen molar-refractivity contribution in [2.24, 2.45) is 5.92 Å². The molecule has 2 aliphatic heterocycles. The number of piperidine rings is 1. The summed E-state index contributed by atoms with van der Waals surface area (Å²) in [4.78, 5) is 15.2. The lowest BCUT2D eigenvalue weighted by Crippen LogP contribution is -2.65. The third-order valence-electron chi connectivity index (χ3n) is 6.74. The Balaban J connectivity index is 1.87. The molecular weight excluding hydrogens is 441 g/mol. The van der Waals surface area contributed by atoms with Crippen molar-refractivity contribution in [1.29, 1.82) is 0 Å². The SMILES string of the molecule is COc1c(I)c(Cl)c2c3c1O[C@H]1C(=O)CC[C@H]4[C@@H](C2)N(C)CC[C@]314. The zero-order valence-electron chi connectivity index (χ0n) is 13.7. The number of methoxy groups -OCH3 is 1. The van der Waals surface area contributed by atoms with Crippen molar-refractivity contribution in [3.05, 3.63) is 19.7 Å². The van der Waals surface area contributed by atoms with Crippen LogP contribution in [0.1, 0.15) is 30.4 Å². The minimum atomic E-state index is -0.357. The van der Waals surface area contributed by atoms with Crippen LogP contribution in [-0.2, 0) is 16.6 Å². The molecule has 4 atom stereocenters. The summed E-state index contributed by atoms with van der Waals surface area (Å²) in [6, 6.07) is 0.443. The van der Waals surface area contributed by atoms with Crippen molar-refractivity contribution in [3.63, 3.8) is 0 Å². The van der Waals surface area contributed by atoms with Crippen LogP contribution in [0.2, 0.25) is 5.02 Å². The Bertz CT molecular complexity index is 782. The predicted octanol–water partition coefficient (Wildman–Crippen LogP) is 3.19. The van der Waals surface area contributed by atoms with Crippen LogP contribution in [0.3, 0.4) is 0 Å². The van der Waals surface area contributed by atoms with Gasteiger partial charge in [0.2, 0.25) is 0 Å². The number of Topliss-reactive ketones (excluding diaryl/α,β-unsaturated/α-hetero) is 1. The second kappa shape index (κ2) is 5.01. The maximum Gasteiger partial charge on any atom is 0.175 e. The topological polar surface area (TPSA) is 38.8 Å². The second-order valence-electron chi connectivity index (χ2n) is 7.50. The summed E-state index contributed by atoms with van der Waals surface area (Å²) >= 11 is 9.00. The maximum absolute atomic E-state index is 12.8. The molecule has 2 heterocycles. The van der Waals surface area contributed by atoms with Crippen molar-refractivity contribution in [3.8, 4) is 11.5 Å². The number of hydrogen-bond donors (Lipinski definition) is 0. The number of halogens is 2. The highest BCUT2D eigenvalue weighted by Crippen LogP contribution is 2.64. The van der Waals surface area contributed by atoms with E-state index in [1.807, 2.05) is 0 Å². The van der Waals surface area contributed by atoms with Crippen LogP contribution in [0.25, 0.3) is 0 Å². The van der Waals surface area contributed by atoms with Gasteiger partial charge in [-0.15, -0.1) is 0 Å². The van der Waals surface area contributed by atoms with E-state index in [4.69, 9.17) is 21.1 Å². The average molecular weight is 460 g/mol. The number of benzene rings is 1. The number of likely N-dealkylation sites (tertiary alicyclic amines) is 1. The van der Waals surface area contributed by atoms with Crippen LogP contribution < -0.4 is 9.47 Å². The van der Waals surface area contributed by atoms with E-state index in [0.29, 0.717) is 24.1 Å². The lowest BCUT2D eigenvalue weighted by Gasteiger charge is -2.57. The fraction of sp³-hybridized carbons (Fsp3) is 0.611. The maximum atomic E-state index is 12.8. The summed E-state index contributed by atoms with van der Waals surface area (Å²) in [5.74, 6) is 2.20. The van der Waals surface area contributed by atoms with Gasteiger partial charge in [-0.1, -0.05) is 11.6 Å². The third-order valence-corrected chi connectivity index (χ3v) is 8.51. The summed E-state index contributed by atoms with van der Waals surface area (Å²) in [6.45, 7) is 0.999. The molecule has 4 nitrogen and oxygen atoms in total. The molecule has 128 valence electrons. The van der Waals surface area contributed by atoms with E-state index in [-0.39, 0.29) is 17.3 Å². The van der Waals surface area contributed by atoms with E-state index >= 15 is 0 Å². The van der Waals surface area contributed by atoms with Gasteiger partial charge < -0.3 is 14.4 Å². The number of nitrogens with zero attached hydrogens (tertiary/aromatic N) is 1. The first-order valence-electron chi connectivity index (χ1n) is 8.48. The number of ether oxygens (including phenoxy) is 2. The highest BCUT2D eigenvalue weighted by Gasteiger charge is 2.66. The molecule has 1 saturated heterocycles. The molecule has 24 heavy (non-hydrogen) atoms. The van der Waals surface area contributed by atoms with Crippen molar-refractivity contribution >= 4 is 40.0 Å². The first kappa shape index (κ1) is 15.7. The molecule has 0 aromatic heterocycles. The number of carbonyl (C=O) groups is 1. The van der Waals surface area contributed by atoms with Crippen LogP contribution >= 0.6 is 34.2 Å². The Morgan fingerprint density at radius 1 is 1.46 bits per heavy atom. The van der Waals surface area contributed by atoms with E-state index in [2.05, 4.69) is 34.5 Å². The fourth-order valence-electron chi connectivity index (χ4n) is 5.76. The standard InChI is InChI=1S/C18H19ClINO3/c1-21-6-5-18-9-3-4-11(22)17(18)24-15-12(18)8(7-10(9)21)13(19)14(20)16(15)23-2/h9-10,17H,3-7H2,1-2H3/t9-,10+,17-,18-/m0/s1. The fourth-order valence-corrected chi connectivity index (χ4v) is 6.81. The average Bonchev–Trinajstić information content (AvgIpc) is 2.91. The minimum absolute atomic E-state index is 0.198. The molecule has 0 N–H and O–H groups in total. The van der Waals surface area contributed by atoms with Crippen molar-refractivity contribution in [2.75, 3.05) is 20.7 Å². The Kier molecular flexibility index (Phi) is 3.28. The van der Waals surface area contributed by atoms with Gasteiger partial charge in [0.25, 0.3) is 0 Å². The normalized spacial score (nSPS) is 36.3. The Labute approximate surface area is 160 Å². The van der Waals surface area contributed by atoms with Gasteiger partial charge in [-0.25, -0.2) is 0 Å². The van der Waals surface area contributed by atoms with Crippen LogP contribution in [0, 0.1) is 9.49 Å². The van der Waals surface area contributed by atoms with Crippen molar-refractivity contribution in [1.82, 2.24) is 4.90 Å². The first-order valence-corrected chi connectivity index (χ1v) is 9.94. The highest BCUT2D eigenvalue weighted by atomic mass is 127. The summed E-state index contributed by atoms with van der Waals surface area (Å²) in [6.07, 6.45) is 3.12. The summed E-state index contributed by atoms with van der Waals surface area (Å²) < 4.78 is 12.9. The second-order valence-corrected chi connectivity index (χ2v) is 8.95. The number of carbonyl (C=O) groups excluding carboxylic acids is 1. The van der Waals surface area contributed by atoms with Gasteiger partial charge in [0, 0.05) is 23.4 Å². The van der Waals surface area contributed by atoms with Crippen molar-refractivity contribution in [2.45, 2.75) is 43.2 Å². The Hall–Kier alpha value is -0.530. The quantitative estimate of drug-likeness (QED) is 0.605. The van der Waals surface area contributed by atoms with Gasteiger partial charge in [-0.3, -0.25) is 4.79 Å². The molecule has 1 saturated carbocycles. The van der Waals surface area contributed by atoms with Crippen LogP contribution in [0.5, 0.6) is 11.5 Å². The van der Waals surface area contributed by atoms with Crippen LogP contribution in [-0.4, -0.2) is 43.5 Å². The Morgan fingerprint density at radius 3 is 3.00 bits per heavy atom. The molecular formula is C18H19ClINO3. The molecule has 5 rings (SSSR count). The van der Waals surface area contributed by atoms with Gasteiger partial charge in [-0.2, -0.15) is 0 Å². The molecule has 2 aliphatic carbocycles. The number of ketones is 1. The van der Waals surface area contributed by atoms with Crippen molar-refractivity contribution < 1.29 is 14.3 Å². The number of hydrogen-bond acceptors (Lipinski definition) is 4. The monoisotopic (exact) mass is 459 g/mol. The summed E-state index contributed by atoms with van der Waals surface area (Å²) in [5.41, 5.74) is 2.18. The summed E-state index contributed by atoms with van der Waals surface area (Å²) in [7, 11) is 3.85. The predicted molar refractivity (Wildman–Crippen MR) is 99.3 cm³/mol. The van der Waals surface area contributed by atoms with Crippen LogP contribution in [0.15, 0.2) is 0 Å². The summed E-state index contributed by atoms with van der Waals surface area (Å²) in [5, 5.41) is 0.784. The van der Waals surface area contributed by atoms with E-state index in [1.165, 1.54) is 11.1 Å². The molecule has 6 heteroatoms. The van der Waals surface area contributed by atoms with E-state index in [1.54, 1.807) is 7.11 Å². The zero-order chi connectivity index (χ0) is 16.8. The van der Waals surface area contributed by atoms with Gasteiger partial charge in [-0.05, 0) is 66.9 Å². The zero-order valence-corrected chi connectivity index (χ0v) is 16.6. The minimum Gasteiger partial charge on any atom is -0.492 e. The Morgan fingerprint density at radius 2 is 2.25 bits per heavy atom. The molecule has 1 aromatic rings. The molecule has 2 bridgehead atoms. The van der Waals surface area contributed by atoms with Gasteiger partial charge in [0.1, 0.15) is 0 Å². The molecule has 1 spiro atoms. The number of rotatable bonds is 1. The van der Waals surface area contributed by atoms with Gasteiger partial charge >= 0.3 is 0 Å². The van der Waals surface area contributed by atoms with E-state index in [0.717, 1.165) is 40.1 Å². The molecule has 0 radical (unpaired) electrons. The lowest BCUT2D eigenvalue weighted by molar-refractivity contribution is -0.138.